The molecule has 255 valence electrons. The quantitative estimate of drug-likeness (QED) is 0.0896. The largest absolute Gasteiger partial charge is 0.497 e. The van der Waals surface area contributed by atoms with Gasteiger partial charge in [-0.3, -0.25) is 4.57 Å². The number of alkyl halides is 1. The Morgan fingerprint density at radius 3 is 2.02 bits per heavy atom. The average Bonchev–Trinajstić information content (AvgIpc) is 3.64. The van der Waals surface area contributed by atoms with Gasteiger partial charge in [-0.05, 0) is 59.5 Å². The summed E-state index contributed by atoms with van der Waals surface area (Å²) >= 11 is 0. The van der Waals surface area contributed by atoms with Gasteiger partial charge >= 0.3 is 6.08 Å². The predicted octanol–water partition coefficient (Wildman–Crippen LogP) is 8.74. The molecule has 0 bridgehead atoms. The number of halogens is 2. The van der Waals surface area contributed by atoms with Crippen LogP contribution >= 0.6 is 0 Å². The Bertz CT molecular complexity index is 1890. The first-order chi connectivity index (χ1) is 23.3. The monoisotopic (exact) mass is 682 g/mol. The highest BCUT2D eigenvalue weighted by Crippen LogP contribution is 2.47. The molecule has 1 N–H and O–H groups in total. The fraction of sp³-hybridized carbons (Fsp3) is 0.316. The normalized spacial score (nSPS) is 18.9. The van der Waals surface area contributed by atoms with Gasteiger partial charge in [-0.1, -0.05) is 100 Å². The molecule has 5 aromatic rings. The fourth-order valence-electron chi connectivity index (χ4n) is 6.00. The molecule has 0 amide bonds. The second-order valence-electron chi connectivity index (χ2n) is 13.9. The summed E-state index contributed by atoms with van der Waals surface area (Å²) in [5, 5.41) is 3.41. The third-order valence-corrected chi connectivity index (χ3v) is 14.1. The molecule has 0 spiro atoms. The van der Waals surface area contributed by atoms with Crippen LogP contribution in [-0.4, -0.2) is 47.2 Å². The van der Waals surface area contributed by atoms with Crippen LogP contribution in [0.1, 0.15) is 50.6 Å². The standard InChI is InChI=1S/C38H42F2N5O3Si/c1-24(2)31-32(48-49(7,8)37(3,4)5)29(39)35(47-31)45-23-41-30-33(42-36(40)43-34(30)45)44-38(25-15-11-9-12-16-25,26-17-13-10-14-18-26)27-19-21-28(46-6)22-20-27/h9-23,29,32,35H,1H2,2-8H3,(H,42,43,44)/t29-,32-,35+/m0/s1. The minimum absolute atomic E-state index is 0.0708. The highest BCUT2D eigenvalue weighted by molar-refractivity contribution is 6.74. The van der Waals surface area contributed by atoms with E-state index in [2.05, 4.69) is 60.7 Å². The van der Waals surface area contributed by atoms with Gasteiger partial charge < -0.3 is 19.2 Å². The summed E-state index contributed by atoms with van der Waals surface area (Å²) in [7, 11) is -0.814. The number of benzene rings is 3. The second kappa shape index (κ2) is 13.1. The van der Waals surface area contributed by atoms with E-state index in [1.165, 1.54) is 10.9 Å². The van der Waals surface area contributed by atoms with E-state index < -0.39 is 38.4 Å². The zero-order valence-corrected chi connectivity index (χ0v) is 29.9. The molecule has 3 atom stereocenters. The van der Waals surface area contributed by atoms with Crippen LogP contribution in [0.2, 0.25) is 18.1 Å². The van der Waals surface area contributed by atoms with Gasteiger partial charge in [0.05, 0.1) is 13.4 Å². The summed E-state index contributed by atoms with van der Waals surface area (Å²) < 4.78 is 51.8. The second-order valence-corrected chi connectivity index (χ2v) is 18.7. The maximum Gasteiger partial charge on any atom is 0.312 e. The Labute approximate surface area is 287 Å². The lowest BCUT2D eigenvalue weighted by Gasteiger charge is -2.39. The van der Waals surface area contributed by atoms with Crippen molar-refractivity contribution in [2.24, 2.45) is 0 Å². The summed E-state index contributed by atoms with van der Waals surface area (Å²) in [6.45, 7) is 16.2. The SMILES string of the molecule is C=C(C)[C]1O[C@@H](n2cnc3c(NC(c4ccccc4)(c4ccccc4)c4ccc(OC)cc4)nc(F)nc32)[C@@H](F)[C@@H]1O[Si](C)(C)C(C)(C)C. The number of hydrogen-bond acceptors (Lipinski definition) is 7. The van der Waals surface area contributed by atoms with Crippen LogP contribution in [0.4, 0.5) is 14.6 Å². The zero-order valence-electron chi connectivity index (χ0n) is 28.9. The molecule has 2 aromatic heterocycles. The maximum absolute atomic E-state index is 16.6. The van der Waals surface area contributed by atoms with Crippen molar-refractivity contribution in [2.45, 2.75) is 69.9 Å². The average molecular weight is 683 g/mol. The first-order valence-corrected chi connectivity index (χ1v) is 19.1. The summed E-state index contributed by atoms with van der Waals surface area (Å²) in [5.74, 6) is 0.809. The van der Waals surface area contributed by atoms with Crippen molar-refractivity contribution in [3.05, 3.63) is 132 Å². The number of imidazole rings is 1. The van der Waals surface area contributed by atoms with Crippen molar-refractivity contribution in [3.8, 4) is 5.75 Å². The molecule has 0 unspecified atom stereocenters. The van der Waals surface area contributed by atoms with E-state index in [1.54, 1.807) is 14.0 Å². The molecule has 1 saturated heterocycles. The molecule has 0 aliphatic carbocycles. The lowest BCUT2D eigenvalue weighted by Crippen LogP contribution is -2.47. The molecule has 49 heavy (non-hydrogen) atoms. The molecule has 1 fully saturated rings. The molecule has 11 heteroatoms. The number of anilines is 1. The number of ether oxygens (including phenoxy) is 2. The highest BCUT2D eigenvalue weighted by atomic mass is 28.4. The van der Waals surface area contributed by atoms with Crippen LogP contribution in [0.15, 0.2) is 103 Å². The predicted molar refractivity (Wildman–Crippen MR) is 190 cm³/mol. The van der Waals surface area contributed by atoms with E-state index in [0.717, 1.165) is 16.7 Å². The third-order valence-electron chi connectivity index (χ3n) is 9.63. The van der Waals surface area contributed by atoms with E-state index in [4.69, 9.17) is 13.9 Å². The van der Waals surface area contributed by atoms with Crippen LogP contribution in [0.3, 0.4) is 0 Å². The number of methoxy groups -OCH3 is 1. The Morgan fingerprint density at radius 2 is 1.49 bits per heavy atom. The minimum Gasteiger partial charge on any atom is -0.497 e. The van der Waals surface area contributed by atoms with Crippen LogP contribution in [0.5, 0.6) is 5.75 Å². The van der Waals surface area contributed by atoms with E-state index in [9.17, 15) is 0 Å². The van der Waals surface area contributed by atoms with Gasteiger partial charge in [0.15, 0.2) is 43.8 Å². The topological polar surface area (TPSA) is 83.3 Å². The number of fused-ring (bicyclic) bond motifs is 1. The molecular formula is C38H42F2N5O3Si. The smallest absolute Gasteiger partial charge is 0.312 e. The number of rotatable bonds is 10. The first-order valence-electron chi connectivity index (χ1n) is 16.2. The molecule has 0 saturated carbocycles. The first kappa shape index (κ1) is 34.4. The Hall–Kier alpha value is -4.45. The Balaban J connectivity index is 1.49. The van der Waals surface area contributed by atoms with Crippen molar-refractivity contribution < 1.29 is 22.7 Å². The van der Waals surface area contributed by atoms with Gasteiger partial charge in [0.2, 0.25) is 0 Å². The lowest BCUT2D eigenvalue weighted by molar-refractivity contribution is 0.0306. The summed E-state index contributed by atoms with van der Waals surface area (Å²) in [5.41, 5.74) is 2.37. The molecule has 6 rings (SSSR count). The van der Waals surface area contributed by atoms with E-state index in [1.807, 2.05) is 84.9 Å². The Morgan fingerprint density at radius 1 is 0.918 bits per heavy atom. The van der Waals surface area contributed by atoms with E-state index >= 15 is 8.78 Å². The van der Waals surface area contributed by atoms with Crippen molar-refractivity contribution in [1.29, 1.82) is 0 Å². The minimum atomic E-state index is -2.43. The van der Waals surface area contributed by atoms with Crippen LogP contribution in [0.25, 0.3) is 11.2 Å². The Kier molecular flexibility index (Phi) is 9.21. The molecule has 1 radical (unpaired) electrons. The van der Waals surface area contributed by atoms with Gasteiger partial charge in [0.1, 0.15) is 17.4 Å². The van der Waals surface area contributed by atoms with Crippen molar-refractivity contribution in [3.63, 3.8) is 0 Å². The van der Waals surface area contributed by atoms with Crippen LogP contribution in [-0.2, 0) is 14.7 Å². The molecule has 3 heterocycles. The van der Waals surface area contributed by atoms with E-state index in [-0.39, 0.29) is 22.0 Å². The van der Waals surface area contributed by atoms with Gasteiger partial charge in [0, 0.05) is 0 Å². The summed E-state index contributed by atoms with van der Waals surface area (Å²) in [6, 6.07) is 27.3. The molecule has 8 nitrogen and oxygen atoms in total. The number of aromatic nitrogens is 4. The fourth-order valence-corrected chi connectivity index (χ4v) is 7.22. The lowest BCUT2D eigenvalue weighted by atomic mass is 9.77. The number of nitrogens with one attached hydrogen (secondary N) is 1. The van der Waals surface area contributed by atoms with Gasteiger partial charge in [0.25, 0.3) is 0 Å². The third kappa shape index (κ3) is 6.26. The van der Waals surface area contributed by atoms with Gasteiger partial charge in [-0.15, -0.1) is 0 Å². The molecule has 1 aliphatic rings. The molecular weight excluding hydrogens is 641 g/mol. The van der Waals surface area contributed by atoms with Gasteiger partial charge in [-0.2, -0.15) is 14.4 Å². The van der Waals surface area contributed by atoms with Crippen LogP contribution in [0, 0.1) is 12.2 Å². The molecule has 3 aromatic carbocycles. The summed E-state index contributed by atoms with van der Waals surface area (Å²) in [4.78, 5) is 13.0. The van der Waals surface area contributed by atoms with Crippen molar-refractivity contribution in [1.82, 2.24) is 19.5 Å². The number of nitrogens with zero attached hydrogens (tertiary/aromatic N) is 4. The maximum atomic E-state index is 16.6. The van der Waals surface area contributed by atoms with Gasteiger partial charge in [-0.25, -0.2) is 9.37 Å². The number of hydrogen-bond donors (Lipinski definition) is 1. The van der Waals surface area contributed by atoms with Crippen LogP contribution < -0.4 is 10.1 Å². The zero-order chi connectivity index (χ0) is 35.1. The molecule has 1 aliphatic heterocycles. The highest BCUT2D eigenvalue weighted by Gasteiger charge is 2.52. The van der Waals surface area contributed by atoms with Crippen molar-refractivity contribution >= 4 is 25.3 Å². The summed E-state index contributed by atoms with van der Waals surface area (Å²) in [6.07, 6.45) is -3.12. The van der Waals surface area contributed by atoms with E-state index in [0.29, 0.717) is 17.4 Å². The van der Waals surface area contributed by atoms with Crippen molar-refractivity contribution in [2.75, 3.05) is 12.4 Å².